The Morgan fingerprint density at radius 2 is 2.04 bits per heavy atom. The van der Waals surface area contributed by atoms with E-state index in [1.807, 2.05) is 37.3 Å². The van der Waals surface area contributed by atoms with Crippen LogP contribution in [0.25, 0.3) is 0 Å². The molecule has 25 heavy (non-hydrogen) atoms. The van der Waals surface area contributed by atoms with Crippen LogP contribution in [0.5, 0.6) is 0 Å². The smallest absolute Gasteiger partial charge is 0.240 e. The highest BCUT2D eigenvalue weighted by Crippen LogP contribution is 2.27. The second kappa shape index (κ2) is 7.05. The van der Waals surface area contributed by atoms with Gasteiger partial charge < -0.3 is 0 Å². The third kappa shape index (κ3) is 3.45. The fourth-order valence-electron chi connectivity index (χ4n) is 2.96. The van der Waals surface area contributed by atoms with Crippen LogP contribution in [0, 0.1) is 22.8 Å². The molecular formula is C19H17N5O. The normalized spacial score (nSPS) is 17.8. The molecule has 1 amide bonds. The number of nitrogens with one attached hydrogen (secondary N) is 2. The molecule has 2 N–H and O–H groups in total. The average molecular weight is 331 g/mol. The average Bonchev–Trinajstić information content (AvgIpc) is 2.63. The predicted molar refractivity (Wildman–Crippen MR) is 93.1 cm³/mol. The molecule has 0 fully saturated rings. The maximum absolute atomic E-state index is 11.4. The number of carbonyl (C=O) groups is 1. The zero-order valence-electron chi connectivity index (χ0n) is 13.7. The summed E-state index contributed by atoms with van der Waals surface area (Å²) in [4.78, 5) is 11.4. The van der Waals surface area contributed by atoms with E-state index in [4.69, 9.17) is 10.8 Å². The molecule has 1 aliphatic heterocycles. The summed E-state index contributed by atoms with van der Waals surface area (Å²) < 4.78 is 0. The lowest BCUT2D eigenvalue weighted by Crippen LogP contribution is -2.31. The molecule has 2 aromatic carbocycles. The van der Waals surface area contributed by atoms with Crippen LogP contribution in [-0.2, 0) is 4.79 Å². The van der Waals surface area contributed by atoms with E-state index in [0.717, 1.165) is 22.4 Å². The summed E-state index contributed by atoms with van der Waals surface area (Å²) in [5, 5.41) is 16.9. The molecule has 0 spiro atoms. The molecule has 6 heteroatoms. The maximum Gasteiger partial charge on any atom is 0.240 e. The Labute approximate surface area is 145 Å². The standard InChI is InChI=1S/C19H17N5O/c1-12-9-17(25)23-24-18(12)14-5-7-15(8-6-14)19(22-21)16-4-2-3-13(10-16)11-20/h2-8,10,12,19,21H,9H2,1H3,(H,23,25). The highest BCUT2D eigenvalue weighted by molar-refractivity contribution is 6.05. The minimum atomic E-state index is -0.451. The van der Waals surface area contributed by atoms with Crippen molar-refractivity contribution >= 4 is 11.6 Å². The lowest BCUT2D eigenvalue weighted by Gasteiger charge is -2.19. The highest BCUT2D eigenvalue weighted by atomic mass is 16.2. The van der Waals surface area contributed by atoms with Crippen LogP contribution in [0.4, 0.5) is 0 Å². The molecule has 0 aliphatic carbocycles. The van der Waals surface area contributed by atoms with E-state index in [0.29, 0.717) is 12.0 Å². The highest BCUT2D eigenvalue weighted by Gasteiger charge is 2.22. The summed E-state index contributed by atoms with van der Waals surface area (Å²) in [5.74, 6) is -0.0121. The van der Waals surface area contributed by atoms with Gasteiger partial charge in [-0.25, -0.2) is 11.0 Å². The van der Waals surface area contributed by atoms with Crippen LogP contribution >= 0.6 is 0 Å². The van der Waals surface area contributed by atoms with Crippen molar-refractivity contribution in [3.8, 4) is 6.07 Å². The van der Waals surface area contributed by atoms with Crippen LogP contribution in [0.15, 0.2) is 58.7 Å². The minimum Gasteiger partial charge on any atom is -0.273 e. The quantitative estimate of drug-likeness (QED) is 0.837. The monoisotopic (exact) mass is 331 g/mol. The molecule has 0 aromatic heterocycles. The lowest BCUT2D eigenvalue weighted by molar-refractivity contribution is -0.121. The van der Waals surface area contributed by atoms with Gasteiger partial charge in [0.1, 0.15) is 6.04 Å². The molecular weight excluding hydrogens is 314 g/mol. The molecule has 1 aliphatic rings. The van der Waals surface area contributed by atoms with E-state index in [2.05, 4.69) is 21.7 Å². The van der Waals surface area contributed by atoms with Gasteiger partial charge in [-0.05, 0) is 28.8 Å². The van der Waals surface area contributed by atoms with Crippen LogP contribution in [0.2, 0.25) is 0 Å². The van der Waals surface area contributed by atoms with Crippen LogP contribution in [-0.4, -0.2) is 11.6 Å². The molecule has 124 valence electrons. The first-order chi connectivity index (χ1) is 12.1. The minimum absolute atomic E-state index is 0.0589. The molecule has 2 aromatic rings. The fourth-order valence-corrected chi connectivity index (χ4v) is 2.96. The number of hydrazone groups is 1. The summed E-state index contributed by atoms with van der Waals surface area (Å²) >= 11 is 0. The van der Waals surface area contributed by atoms with E-state index < -0.39 is 6.04 Å². The third-order valence-electron chi connectivity index (χ3n) is 4.24. The number of rotatable bonds is 4. The van der Waals surface area contributed by atoms with Crippen molar-refractivity contribution in [3.05, 3.63) is 70.8 Å². The van der Waals surface area contributed by atoms with Crippen molar-refractivity contribution in [1.29, 1.82) is 10.8 Å². The Morgan fingerprint density at radius 3 is 2.68 bits per heavy atom. The molecule has 3 rings (SSSR count). The molecule has 0 saturated carbocycles. The Balaban J connectivity index is 1.89. The number of amides is 1. The Morgan fingerprint density at radius 1 is 1.28 bits per heavy atom. The Bertz CT molecular complexity index is 879. The number of carbonyl (C=O) groups excluding carboxylic acids is 1. The summed E-state index contributed by atoms with van der Waals surface area (Å²) in [6.07, 6.45) is 0.423. The van der Waals surface area contributed by atoms with Gasteiger partial charge in [0.25, 0.3) is 0 Å². The fraction of sp³-hybridized carbons (Fsp3) is 0.211. The molecule has 2 atom stereocenters. The zero-order chi connectivity index (χ0) is 17.8. The van der Waals surface area contributed by atoms with Crippen molar-refractivity contribution in [2.24, 2.45) is 16.1 Å². The summed E-state index contributed by atoms with van der Waals surface area (Å²) in [7, 11) is 0. The van der Waals surface area contributed by atoms with Gasteiger partial charge in [-0.15, -0.1) is 0 Å². The largest absolute Gasteiger partial charge is 0.273 e. The van der Waals surface area contributed by atoms with E-state index in [-0.39, 0.29) is 11.8 Å². The Kier molecular flexibility index (Phi) is 4.66. The van der Waals surface area contributed by atoms with Crippen molar-refractivity contribution in [3.63, 3.8) is 0 Å². The van der Waals surface area contributed by atoms with Crippen molar-refractivity contribution < 1.29 is 4.79 Å². The molecule has 2 unspecified atom stereocenters. The number of nitriles is 1. The second-order valence-electron chi connectivity index (χ2n) is 6.03. The van der Waals surface area contributed by atoms with Crippen molar-refractivity contribution in [2.75, 3.05) is 0 Å². The number of hydrogen-bond acceptors (Lipinski definition) is 5. The van der Waals surface area contributed by atoms with Gasteiger partial charge in [0.2, 0.25) is 5.91 Å². The van der Waals surface area contributed by atoms with Crippen molar-refractivity contribution in [1.82, 2.24) is 5.43 Å². The van der Waals surface area contributed by atoms with Crippen LogP contribution < -0.4 is 5.43 Å². The SMILES string of the molecule is CC1CC(=O)NN=C1c1ccc(C(N=N)c2cccc(C#N)c2)cc1. The summed E-state index contributed by atoms with van der Waals surface area (Å²) in [6, 6.07) is 16.4. The van der Waals surface area contributed by atoms with Crippen LogP contribution in [0.3, 0.4) is 0 Å². The molecule has 1 heterocycles. The number of hydrogen-bond donors (Lipinski definition) is 2. The predicted octanol–water partition coefficient (Wildman–Crippen LogP) is 3.54. The van der Waals surface area contributed by atoms with Gasteiger partial charge in [-0.2, -0.15) is 15.5 Å². The topological polar surface area (TPSA) is 101 Å². The van der Waals surface area contributed by atoms with Crippen molar-refractivity contribution in [2.45, 2.75) is 19.4 Å². The van der Waals surface area contributed by atoms with E-state index in [1.54, 1.807) is 18.2 Å². The van der Waals surface area contributed by atoms with E-state index >= 15 is 0 Å². The van der Waals surface area contributed by atoms with E-state index in [9.17, 15) is 4.79 Å². The van der Waals surface area contributed by atoms with Crippen LogP contribution in [0.1, 0.15) is 41.6 Å². The van der Waals surface area contributed by atoms with Gasteiger partial charge in [0.15, 0.2) is 0 Å². The molecule has 0 saturated heterocycles. The lowest BCUT2D eigenvalue weighted by atomic mass is 9.92. The van der Waals surface area contributed by atoms with Gasteiger partial charge >= 0.3 is 0 Å². The van der Waals surface area contributed by atoms with Gasteiger partial charge in [0.05, 0.1) is 17.3 Å². The molecule has 0 radical (unpaired) electrons. The first-order valence-electron chi connectivity index (χ1n) is 7.95. The third-order valence-corrected chi connectivity index (χ3v) is 4.24. The number of benzene rings is 2. The molecule has 6 nitrogen and oxygen atoms in total. The summed E-state index contributed by atoms with van der Waals surface area (Å²) in [5.41, 5.74) is 14.0. The Hall–Kier alpha value is -3.33. The molecule has 0 bridgehead atoms. The maximum atomic E-state index is 11.4. The first-order valence-corrected chi connectivity index (χ1v) is 7.95. The van der Waals surface area contributed by atoms with Gasteiger partial charge in [-0.1, -0.05) is 43.3 Å². The van der Waals surface area contributed by atoms with E-state index in [1.165, 1.54) is 0 Å². The zero-order valence-corrected chi connectivity index (χ0v) is 13.7. The second-order valence-corrected chi connectivity index (χ2v) is 6.03. The van der Waals surface area contributed by atoms with Gasteiger partial charge in [0, 0.05) is 12.3 Å². The summed E-state index contributed by atoms with van der Waals surface area (Å²) in [6.45, 7) is 1.97. The number of nitrogens with zero attached hydrogens (tertiary/aromatic N) is 3. The first kappa shape index (κ1) is 16.5. The van der Waals surface area contributed by atoms with Gasteiger partial charge in [-0.3, -0.25) is 4.79 Å².